The molecule has 0 unspecified atom stereocenters. The zero-order valence-corrected chi connectivity index (χ0v) is 14.2. The molecule has 130 valence electrons. The Morgan fingerprint density at radius 2 is 1.76 bits per heavy atom. The van der Waals surface area contributed by atoms with Crippen LogP contribution in [0.5, 0.6) is 11.5 Å². The summed E-state index contributed by atoms with van der Waals surface area (Å²) in [6, 6.07) is 11.4. The zero-order valence-electron chi connectivity index (χ0n) is 13.5. The summed E-state index contributed by atoms with van der Waals surface area (Å²) < 4.78 is 16.0. The Morgan fingerprint density at radius 1 is 1.08 bits per heavy atom. The number of amides is 1. The highest BCUT2D eigenvalue weighted by Gasteiger charge is 2.21. The number of hydrogen-bond acceptors (Lipinski definition) is 5. The Balaban J connectivity index is 1.61. The van der Waals surface area contributed by atoms with Crippen LogP contribution in [-0.2, 0) is 9.53 Å². The van der Waals surface area contributed by atoms with Crippen molar-refractivity contribution < 1.29 is 23.8 Å². The summed E-state index contributed by atoms with van der Waals surface area (Å²) in [5.41, 5.74) is 0.854. The number of halogens is 1. The second-order valence-corrected chi connectivity index (χ2v) is 5.84. The summed E-state index contributed by atoms with van der Waals surface area (Å²) >= 11 is 5.80. The summed E-state index contributed by atoms with van der Waals surface area (Å²) in [6.07, 6.45) is -0.962. The van der Waals surface area contributed by atoms with Crippen LogP contribution in [0.2, 0.25) is 5.02 Å². The van der Waals surface area contributed by atoms with Gasteiger partial charge in [0, 0.05) is 10.7 Å². The predicted octanol–water partition coefficient (Wildman–Crippen LogP) is 3.30. The first-order valence-electron chi connectivity index (χ1n) is 7.70. The van der Waals surface area contributed by atoms with E-state index in [1.54, 1.807) is 42.5 Å². The van der Waals surface area contributed by atoms with E-state index in [0.29, 0.717) is 35.4 Å². The molecule has 0 saturated carbocycles. The molecular formula is C18H16ClNO5. The van der Waals surface area contributed by atoms with Gasteiger partial charge in [-0.05, 0) is 49.4 Å². The Kier molecular flexibility index (Phi) is 5.09. The molecule has 1 heterocycles. The van der Waals surface area contributed by atoms with Crippen LogP contribution in [-0.4, -0.2) is 31.2 Å². The molecule has 3 rings (SSSR count). The van der Waals surface area contributed by atoms with E-state index in [1.165, 1.54) is 6.92 Å². The number of carbonyl (C=O) groups excluding carboxylic acids is 2. The van der Waals surface area contributed by atoms with Gasteiger partial charge in [-0.2, -0.15) is 0 Å². The molecule has 2 aromatic carbocycles. The summed E-state index contributed by atoms with van der Waals surface area (Å²) in [6.45, 7) is 2.39. The average molecular weight is 362 g/mol. The van der Waals surface area contributed by atoms with E-state index in [9.17, 15) is 9.59 Å². The van der Waals surface area contributed by atoms with E-state index in [1.807, 2.05) is 0 Å². The topological polar surface area (TPSA) is 73.9 Å². The molecule has 7 heteroatoms. The third-order valence-corrected chi connectivity index (χ3v) is 3.79. The highest BCUT2D eigenvalue weighted by molar-refractivity contribution is 6.30. The molecular weight excluding hydrogens is 346 g/mol. The number of carbonyl (C=O) groups is 2. The first-order valence-corrected chi connectivity index (χ1v) is 8.08. The number of nitrogens with one attached hydrogen (secondary N) is 1. The second-order valence-electron chi connectivity index (χ2n) is 5.40. The molecule has 0 fully saturated rings. The SMILES string of the molecule is C[C@H](OC(=O)c1ccc2c(c1)OCCO2)C(=O)Nc1ccc(Cl)cc1. The molecule has 0 aromatic heterocycles. The molecule has 0 spiro atoms. The number of rotatable bonds is 4. The van der Waals surface area contributed by atoms with Crippen molar-refractivity contribution in [3.05, 3.63) is 53.1 Å². The molecule has 1 aliphatic heterocycles. The third kappa shape index (κ3) is 4.22. The van der Waals surface area contributed by atoms with Gasteiger partial charge in [-0.1, -0.05) is 11.6 Å². The quantitative estimate of drug-likeness (QED) is 0.846. The minimum absolute atomic E-state index is 0.287. The van der Waals surface area contributed by atoms with Crippen molar-refractivity contribution in [3.8, 4) is 11.5 Å². The zero-order chi connectivity index (χ0) is 17.8. The molecule has 0 bridgehead atoms. The lowest BCUT2D eigenvalue weighted by Gasteiger charge is -2.19. The van der Waals surface area contributed by atoms with Crippen LogP contribution in [0.1, 0.15) is 17.3 Å². The summed E-state index contributed by atoms with van der Waals surface area (Å²) in [7, 11) is 0. The van der Waals surface area contributed by atoms with Gasteiger partial charge in [0.2, 0.25) is 0 Å². The van der Waals surface area contributed by atoms with E-state index < -0.39 is 18.0 Å². The van der Waals surface area contributed by atoms with Crippen molar-refractivity contribution in [2.45, 2.75) is 13.0 Å². The minimum atomic E-state index is -0.962. The number of hydrogen-bond donors (Lipinski definition) is 1. The molecule has 6 nitrogen and oxygen atoms in total. The number of esters is 1. The van der Waals surface area contributed by atoms with E-state index in [0.717, 1.165) is 0 Å². The van der Waals surface area contributed by atoms with Crippen molar-refractivity contribution in [2.75, 3.05) is 18.5 Å². The van der Waals surface area contributed by atoms with E-state index in [-0.39, 0.29) is 5.56 Å². The maximum absolute atomic E-state index is 12.2. The van der Waals surface area contributed by atoms with Gasteiger partial charge in [-0.15, -0.1) is 0 Å². The molecule has 0 aliphatic carbocycles. The van der Waals surface area contributed by atoms with Crippen LogP contribution in [0.4, 0.5) is 5.69 Å². The average Bonchev–Trinajstić information content (AvgIpc) is 2.63. The van der Waals surface area contributed by atoms with Gasteiger partial charge >= 0.3 is 5.97 Å². The van der Waals surface area contributed by atoms with Gasteiger partial charge < -0.3 is 19.5 Å². The van der Waals surface area contributed by atoms with Gasteiger partial charge in [0.1, 0.15) is 13.2 Å². The van der Waals surface area contributed by atoms with Crippen LogP contribution in [0.3, 0.4) is 0 Å². The maximum Gasteiger partial charge on any atom is 0.339 e. The molecule has 25 heavy (non-hydrogen) atoms. The lowest BCUT2D eigenvalue weighted by molar-refractivity contribution is -0.123. The monoisotopic (exact) mass is 361 g/mol. The maximum atomic E-state index is 12.2. The van der Waals surface area contributed by atoms with E-state index in [4.69, 9.17) is 25.8 Å². The van der Waals surface area contributed by atoms with Crippen molar-refractivity contribution >= 4 is 29.2 Å². The highest BCUT2D eigenvalue weighted by atomic mass is 35.5. The molecule has 0 saturated heterocycles. The van der Waals surface area contributed by atoms with Gasteiger partial charge in [-0.3, -0.25) is 4.79 Å². The number of ether oxygens (including phenoxy) is 3. The molecule has 1 amide bonds. The standard InChI is InChI=1S/C18H16ClNO5/c1-11(17(21)20-14-5-3-13(19)4-6-14)25-18(22)12-2-7-15-16(10-12)24-9-8-23-15/h2-7,10-11H,8-9H2,1H3,(H,20,21)/t11-/m0/s1. The molecule has 1 aliphatic rings. The van der Waals surface area contributed by atoms with Crippen LogP contribution >= 0.6 is 11.6 Å². The Labute approximate surface area is 149 Å². The van der Waals surface area contributed by atoms with Crippen molar-refractivity contribution in [3.63, 3.8) is 0 Å². The van der Waals surface area contributed by atoms with Gasteiger partial charge in [0.25, 0.3) is 5.91 Å². The van der Waals surface area contributed by atoms with Crippen LogP contribution in [0.15, 0.2) is 42.5 Å². The predicted molar refractivity (Wildman–Crippen MR) is 92.4 cm³/mol. The van der Waals surface area contributed by atoms with Crippen LogP contribution < -0.4 is 14.8 Å². The highest BCUT2D eigenvalue weighted by Crippen LogP contribution is 2.31. The summed E-state index contributed by atoms with van der Waals surface area (Å²) in [5, 5.41) is 3.22. The first kappa shape index (κ1) is 17.1. The van der Waals surface area contributed by atoms with Gasteiger partial charge in [-0.25, -0.2) is 4.79 Å². The van der Waals surface area contributed by atoms with Crippen LogP contribution in [0.25, 0.3) is 0 Å². The Bertz CT molecular complexity index is 791. The van der Waals surface area contributed by atoms with Crippen LogP contribution in [0, 0.1) is 0 Å². The fraction of sp³-hybridized carbons (Fsp3) is 0.222. The lowest BCUT2D eigenvalue weighted by Crippen LogP contribution is -2.30. The minimum Gasteiger partial charge on any atom is -0.486 e. The van der Waals surface area contributed by atoms with E-state index >= 15 is 0 Å². The Morgan fingerprint density at radius 3 is 2.48 bits per heavy atom. The van der Waals surface area contributed by atoms with Gasteiger partial charge in [0.05, 0.1) is 5.56 Å². The second kappa shape index (κ2) is 7.44. The number of benzene rings is 2. The summed E-state index contributed by atoms with van der Waals surface area (Å²) in [4.78, 5) is 24.4. The largest absolute Gasteiger partial charge is 0.486 e. The molecule has 0 radical (unpaired) electrons. The van der Waals surface area contributed by atoms with Crippen molar-refractivity contribution in [1.82, 2.24) is 0 Å². The Hall–Kier alpha value is -2.73. The fourth-order valence-electron chi connectivity index (χ4n) is 2.23. The van der Waals surface area contributed by atoms with E-state index in [2.05, 4.69) is 5.32 Å². The smallest absolute Gasteiger partial charge is 0.339 e. The normalized spacial score (nSPS) is 13.7. The summed E-state index contributed by atoms with van der Waals surface area (Å²) in [5.74, 6) is 0.0132. The lowest BCUT2D eigenvalue weighted by atomic mass is 10.2. The first-order chi connectivity index (χ1) is 12.0. The van der Waals surface area contributed by atoms with Gasteiger partial charge in [0.15, 0.2) is 17.6 Å². The number of anilines is 1. The molecule has 2 aromatic rings. The number of fused-ring (bicyclic) bond motifs is 1. The molecule has 1 atom stereocenters. The fourth-order valence-corrected chi connectivity index (χ4v) is 2.36. The third-order valence-electron chi connectivity index (χ3n) is 3.54. The molecule has 1 N–H and O–H groups in total. The van der Waals surface area contributed by atoms with Crippen molar-refractivity contribution in [1.29, 1.82) is 0 Å². The van der Waals surface area contributed by atoms with Crippen molar-refractivity contribution in [2.24, 2.45) is 0 Å².